The van der Waals surface area contributed by atoms with Crippen molar-refractivity contribution in [3.05, 3.63) is 35.9 Å². The van der Waals surface area contributed by atoms with Crippen molar-refractivity contribution in [2.45, 2.75) is 50.1 Å². The van der Waals surface area contributed by atoms with Crippen LogP contribution in [0.4, 0.5) is 0 Å². The number of rotatable bonds is 2. The van der Waals surface area contributed by atoms with Crippen molar-refractivity contribution in [2.75, 3.05) is 13.1 Å². The van der Waals surface area contributed by atoms with E-state index in [1.807, 2.05) is 0 Å². The van der Waals surface area contributed by atoms with Crippen LogP contribution in [-0.2, 0) is 0 Å². The van der Waals surface area contributed by atoms with E-state index in [0.29, 0.717) is 6.04 Å². The van der Waals surface area contributed by atoms with Gasteiger partial charge in [-0.05, 0) is 37.2 Å². The molecule has 2 nitrogen and oxygen atoms in total. The smallest absolute Gasteiger partial charge is 0.0984 e. The normalized spacial score (nSPS) is 31.9. The summed E-state index contributed by atoms with van der Waals surface area (Å²) in [5.41, 5.74) is 5.75. The van der Waals surface area contributed by atoms with E-state index in [1.54, 1.807) is 5.56 Å². The summed E-state index contributed by atoms with van der Waals surface area (Å²) in [5.74, 6) is 0.806. The summed E-state index contributed by atoms with van der Waals surface area (Å²) in [4.78, 5) is 2.69. The van der Waals surface area contributed by atoms with E-state index in [2.05, 4.69) is 41.0 Å². The minimum absolute atomic E-state index is 0. The summed E-state index contributed by atoms with van der Waals surface area (Å²) in [6.07, 6.45) is 6.80. The summed E-state index contributed by atoms with van der Waals surface area (Å²) in [5, 5.41) is 0. The lowest BCUT2D eigenvalue weighted by molar-refractivity contribution is -0.414. The molecule has 1 saturated carbocycles. The predicted octanol–water partition coefficient (Wildman–Crippen LogP) is -0.967. The maximum absolute atomic E-state index is 4.20. The van der Waals surface area contributed by atoms with Gasteiger partial charge >= 0.3 is 0 Å². The number of nitrogens with zero attached hydrogens (tertiary/aromatic N) is 1. The number of hydrogen-bond acceptors (Lipinski definition) is 1. The molecule has 0 bridgehead atoms. The van der Waals surface area contributed by atoms with Crippen molar-refractivity contribution in [3.63, 3.8) is 0 Å². The highest BCUT2D eigenvalue weighted by molar-refractivity contribution is 5.20. The Morgan fingerprint density at radius 2 is 1.63 bits per heavy atom. The highest BCUT2D eigenvalue weighted by Gasteiger charge is 2.31. The van der Waals surface area contributed by atoms with Crippen molar-refractivity contribution < 1.29 is 18.1 Å². The van der Waals surface area contributed by atoms with Crippen LogP contribution in [0.2, 0.25) is 0 Å². The molecular weight excluding hydrogens is 256 g/mol. The SMILES string of the molecule is [Cl-].[NH3+][C@@H]1CCN(C2CCC(c3ccccc3)CC2)C1. The van der Waals surface area contributed by atoms with Crippen molar-refractivity contribution in [3.8, 4) is 0 Å². The fourth-order valence-electron chi connectivity index (χ4n) is 3.69. The van der Waals surface area contributed by atoms with E-state index in [1.165, 1.54) is 45.2 Å². The van der Waals surface area contributed by atoms with Gasteiger partial charge in [0, 0.05) is 19.0 Å². The number of quaternary nitrogens is 1. The van der Waals surface area contributed by atoms with Gasteiger partial charge in [-0.2, -0.15) is 0 Å². The van der Waals surface area contributed by atoms with Gasteiger partial charge in [0.15, 0.2) is 0 Å². The molecule has 0 spiro atoms. The molecule has 1 aromatic rings. The summed E-state index contributed by atoms with van der Waals surface area (Å²) < 4.78 is 0. The van der Waals surface area contributed by atoms with E-state index in [0.717, 1.165) is 12.0 Å². The third-order valence-electron chi connectivity index (χ3n) is 4.80. The number of halogens is 1. The zero-order valence-electron chi connectivity index (χ0n) is 11.6. The van der Waals surface area contributed by atoms with Crippen LogP contribution in [0.5, 0.6) is 0 Å². The zero-order valence-corrected chi connectivity index (χ0v) is 12.4. The average molecular weight is 281 g/mol. The van der Waals surface area contributed by atoms with Crippen LogP contribution in [0.25, 0.3) is 0 Å². The standard InChI is InChI=1S/C16H24N2.ClH/c17-15-10-11-18(12-15)16-8-6-14(7-9-16)13-4-2-1-3-5-13;/h1-5,14-16H,6-12,17H2;1H/t14?,15-,16?;/m1./s1. The van der Waals surface area contributed by atoms with Crippen LogP contribution in [-0.4, -0.2) is 30.1 Å². The first kappa shape index (κ1) is 14.8. The van der Waals surface area contributed by atoms with Gasteiger partial charge in [-0.1, -0.05) is 30.3 Å². The largest absolute Gasteiger partial charge is 1.00 e. The number of benzene rings is 1. The molecule has 1 aliphatic carbocycles. The molecule has 2 aliphatic rings. The van der Waals surface area contributed by atoms with E-state index < -0.39 is 0 Å². The van der Waals surface area contributed by atoms with Crippen molar-refractivity contribution >= 4 is 0 Å². The summed E-state index contributed by atoms with van der Waals surface area (Å²) in [6, 6.07) is 12.6. The van der Waals surface area contributed by atoms with Gasteiger partial charge in [0.25, 0.3) is 0 Å². The minimum Gasteiger partial charge on any atom is -1.00 e. The van der Waals surface area contributed by atoms with Gasteiger partial charge in [-0.15, -0.1) is 0 Å². The van der Waals surface area contributed by atoms with E-state index >= 15 is 0 Å². The molecule has 1 saturated heterocycles. The van der Waals surface area contributed by atoms with Gasteiger partial charge in [0.2, 0.25) is 0 Å². The zero-order chi connectivity index (χ0) is 12.4. The average Bonchev–Trinajstić information content (AvgIpc) is 2.87. The molecule has 106 valence electrons. The van der Waals surface area contributed by atoms with Crippen LogP contribution in [0.15, 0.2) is 30.3 Å². The van der Waals surface area contributed by atoms with Gasteiger partial charge in [-0.3, -0.25) is 4.90 Å². The van der Waals surface area contributed by atoms with Crippen molar-refractivity contribution in [1.82, 2.24) is 4.90 Å². The quantitative estimate of drug-likeness (QED) is 0.743. The van der Waals surface area contributed by atoms with Crippen LogP contribution in [0, 0.1) is 0 Å². The first-order valence-corrected chi connectivity index (χ1v) is 7.45. The summed E-state index contributed by atoms with van der Waals surface area (Å²) in [7, 11) is 0. The Hall–Kier alpha value is -0.570. The molecule has 3 heteroatoms. The summed E-state index contributed by atoms with van der Waals surface area (Å²) >= 11 is 0. The maximum Gasteiger partial charge on any atom is 0.0984 e. The molecule has 0 aromatic heterocycles. The maximum atomic E-state index is 4.20. The Morgan fingerprint density at radius 3 is 2.21 bits per heavy atom. The van der Waals surface area contributed by atoms with Gasteiger partial charge in [-0.25, -0.2) is 0 Å². The highest BCUT2D eigenvalue weighted by Crippen LogP contribution is 2.35. The monoisotopic (exact) mass is 280 g/mol. The van der Waals surface area contributed by atoms with Gasteiger partial charge in [0.05, 0.1) is 12.6 Å². The molecule has 1 heterocycles. The molecule has 0 amide bonds. The van der Waals surface area contributed by atoms with Gasteiger partial charge < -0.3 is 18.1 Å². The first-order chi connectivity index (χ1) is 8.83. The molecule has 19 heavy (non-hydrogen) atoms. The second-order valence-electron chi connectivity index (χ2n) is 6.07. The number of hydrogen-bond donors (Lipinski definition) is 1. The predicted molar refractivity (Wildman–Crippen MR) is 74.3 cm³/mol. The molecular formula is C16H25ClN2. The Balaban J connectivity index is 0.00000133. The molecule has 1 aromatic carbocycles. The van der Waals surface area contributed by atoms with Crippen molar-refractivity contribution in [2.24, 2.45) is 0 Å². The van der Waals surface area contributed by atoms with E-state index in [9.17, 15) is 0 Å². The molecule has 3 rings (SSSR count). The molecule has 0 unspecified atom stereocenters. The van der Waals surface area contributed by atoms with Crippen LogP contribution in [0.3, 0.4) is 0 Å². The molecule has 1 atom stereocenters. The molecule has 1 aliphatic heterocycles. The molecule has 0 radical (unpaired) electrons. The second kappa shape index (κ2) is 6.74. The Morgan fingerprint density at radius 1 is 0.947 bits per heavy atom. The van der Waals surface area contributed by atoms with E-state index in [-0.39, 0.29) is 12.4 Å². The third-order valence-corrected chi connectivity index (χ3v) is 4.80. The second-order valence-corrected chi connectivity index (χ2v) is 6.07. The lowest BCUT2D eigenvalue weighted by atomic mass is 9.81. The lowest BCUT2D eigenvalue weighted by Crippen LogP contribution is -3.00. The first-order valence-electron chi connectivity index (χ1n) is 7.45. The topological polar surface area (TPSA) is 30.9 Å². The Bertz CT molecular complexity index is 374. The molecule has 2 fully saturated rings. The lowest BCUT2D eigenvalue weighted by Gasteiger charge is -2.34. The Kier molecular flexibility index (Phi) is 5.26. The third kappa shape index (κ3) is 3.50. The van der Waals surface area contributed by atoms with Gasteiger partial charge in [0.1, 0.15) is 0 Å². The Labute approximate surface area is 122 Å². The van der Waals surface area contributed by atoms with E-state index in [4.69, 9.17) is 0 Å². The highest BCUT2D eigenvalue weighted by atomic mass is 35.5. The number of likely N-dealkylation sites (tertiary alicyclic amines) is 1. The minimum atomic E-state index is 0. The van der Waals surface area contributed by atoms with Crippen LogP contribution >= 0.6 is 0 Å². The molecule has 3 N–H and O–H groups in total. The summed E-state index contributed by atoms with van der Waals surface area (Å²) in [6.45, 7) is 2.52. The van der Waals surface area contributed by atoms with Crippen LogP contribution < -0.4 is 18.1 Å². The van der Waals surface area contributed by atoms with Crippen LogP contribution in [0.1, 0.15) is 43.6 Å². The van der Waals surface area contributed by atoms with Crippen molar-refractivity contribution in [1.29, 1.82) is 0 Å². The fraction of sp³-hybridized carbons (Fsp3) is 0.625. The fourth-order valence-corrected chi connectivity index (χ4v) is 3.69.